The van der Waals surface area contributed by atoms with Crippen LogP contribution in [0.3, 0.4) is 0 Å². The third-order valence-corrected chi connectivity index (χ3v) is 2.31. The van der Waals surface area contributed by atoms with Crippen molar-refractivity contribution in [3.8, 4) is 0 Å². The molecule has 0 atom stereocenters. The van der Waals surface area contributed by atoms with Gasteiger partial charge in [0.15, 0.2) is 0 Å². The van der Waals surface area contributed by atoms with Crippen molar-refractivity contribution in [3.63, 3.8) is 0 Å². The fourth-order valence-corrected chi connectivity index (χ4v) is 1.59. The first-order valence-corrected chi connectivity index (χ1v) is 4.72. The van der Waals surface area contributed by atoms with Gasteiger partial charge in [0.2, 0.25) is 0 Å². The van der Waals surface area contributed by atoms with Crippen LogP contribution in [0.5, 0.6) is 0 Å². The summed E-state index contributed by atoms with van der Waals surface area (Å²) >= 11 is 2.20. The van der Waals surface area contributed by atoms with Crippen molar-refractivity contribution in [2.45, 2.75) is 32.6 Å². The van der Waals surface area contributed by atoms with E-state index in [4.69, 9.17) is 0 Å². The molecule has 0 aromatic carbocycles. The van der Waals surface area contributed by atoms with E-state index in [0.29, 0.717) is 0 Å². The Morgan fingerprint density at radius 3 is 2.50 bits per heavy atom. The molecular weight excluding hydrogens is 227 g/mol. The SMILES string of the molecule is CCCCC1=CC[C]([Ti+2])=C1.[Cl-].[Cl-]. The summed E-state index contributed by atoms with van der Waals surface area (Å²) in [7, 11) is 0. The third-order valence-electron chi connectivity index (χ3n) is 1.76. The number of halogens is 2. The monoisotopic (exact) mass is 239 g/mol. The Hall–Kier alpha value is 0.774. The van der Waals surface area contributed by atoms with Gasteiger partial charge < -0.3 is 24.8 Å². The molecule has 1 aliphatic rings. The quantitative estimate of drug-likeness (QED) is 0.460. The Morgan fingerprint density at radius 2 is 2.08 bits per heavy atom. The molecular formula is C9H13Cl2Ti. The first-order valence-electron chi connectivity index (χ1n) is 3.94. The van der Waals surface area contributed by atoms with Gasteiger partial charge >= 0.3 is 74.6 Å². The van der Waals surface area contributed by atoms with Gasteiger partial charge in [0.05, 0.1) is 0 Å². The second kappa shape index (κ2) is 8.38. The standard InChI is InChI=1S/C9H13.2ClH.Ti/c1-2-3-6-9-7-4-5-8-9;;;/h7-8H,2-4,6H2,1H3;2*1H;/q;;;+2/p-2. The van der Waals surface area contributed by atoms with E-state index in [1.807, 2.05) is 0 Å². The van der Waals surface area contributed by atoms with Crippen molar-refractivity contribution in [3.05, 3.63) is 21.6 Å². The van der Waals surface area contributed by atoms with Crippen molar-refractivity contribution < 1.29 is 45.2 Å². The second-order valence-corrected chi connectivity index (χ2v) is 3.76. The summed E-state index contributed by atoms with van der Waals surface area (Å²) in [4.78, 5) is 0. The molecule has 0 aliphatic heterocycles. The summed E-state index contributed by atoms with van der Waals surface area (Å²) in [6, 6.07) is 0. The number of hydrogen-bond acceptors (Lipinski definition) is 0. The summed E-state index contributed by atoms with van der Waals surface area (Å²) in [5, 5.41) is 0. The number of allylic oxidation sites excluding steroid dienone is 4. The van der Waals surface area contributed by atoms with Gasteiger partial charge in [-0.15, -0.1) is 0 Å². The van der Waals surface area contributed by atoms with Crippen molar-refractivity contribution in [2.75, 3.05) is 0 Å². The van der Waals surface area contributed by atoms with Crippen LogP contribution in [0.15, 0.2) is 21.6 Å². The minimum absolute atomic E-state index is 0. The zero-order valence-corrected chi connectivity index (χ0v) is 10.3. The second-order valence-electron chi connectivity index (χ2n) is 2.76. The van der Waals surface area contributed by atoms with Crippen LogP contribution < -0.4 is 24.8 Å². The molecule has 0 fully saturated rings. The average Bonchev–Trinajstić information content (AvgIpc) is 2.31. The molecule has 0 aromatic heterocycles. The summed E-state index contributed by atoms with van der Waals surface area (Å²) in [5.41, 5.74) is 1.55. The van der Waals surface area contributed by atoms with Gasteiger partial charge in [0.1, 0.15) is 0 Å². The topological polar surface area (TPSA) is 0 Å². The summed E-state index contributed by atoms with van der Waals surface area (Å²) < 4.78 is 1.52. The van der Waals surface area contributed by atoms with Crippen LogP contribution in [-0.4, -0.2) is 0 Å². The van der Waals surface area contributed by atoms with Crippen molar-refractivity contribution in [1.29, 1.82) is 0 Å². The van der Waals surface area contributed by atoms with Crippen LogP contribution in [-0.2, 0) is 20.4 Å². The smallest absolute Gasteiger partial charge is 1.00 e. The molecule has 1 rings (SSSR count). The van der Waals surface area contributed by atoms with Crippen LogP contribution in [0, 0.1) is 0 Å². The minimum atomic E-state index is 0. The van der Waals surface area contributed by atoms with Crippen LogP contribution in [0.4, 0.5) is 0 Å². The van der Waals surface area contributed by atoms with Crippen molar-refractivity contribution >= 4 is 0 Å². The van der Waals surface area contributed by atoms with Crippen molar-refractivity contribution in [2.24, 2.45) is 0 Å². The Kier molecular flexibility index (Phi) is 10.6. The van der Waals surface area contributed by atoms with E-state index < -0.39 is 0 Å². The maximum absolute atomic E-state index is 2.35. The van der Waals surface area contributed by atoms with E-state index in [1.54, 1.807) is 5.57 Å². The van der Waals surface area contributed by atoms with Gasteiger partial charge in [0.25, 0.3) is 0 Å². The van der Waals surface area contributed by atoms with E-state index in [9.17, 15) is 0 Å². The summed E-state index contributed by atoms with van der Waals surface area (Å²) in [6.07, 6.45) is 9.81. The fourth-order valence-electron chi connectivity index (χ4n) is 1.14. The van der Waals surface area contributed by atoms with Crippen LogP contribution >= 0.6 is 0 Å². The molecule has 0 nitrogen and oxygen atoms in total. The Bertz CT molecular complexity index is 173. The Labute approximate surface area is 99.1 Å². The van der Waals surface area contributed by atoms with E-state index in [0.717, 1.165) is 0 Å². The molecule has 0 heterocycles. The summed E-state index contributed by atoms with van der Waals surface area (Å²) in [6.45, 7) is 2.24. The fraction of sp³-hybridized carbons (Fsp3) is 0.556. The molecule has 0 radical (unpaired) electrons. The van der Waals surface area contributed by atoms with Crippen LogP contribution in [0.2, 0.25) is 0 Å². The minimum Gasteiger partial charge on any atom is -1.00 e. The van der Waals surface area contributed by atoms with Crippen LogP contribution in [0.25, 0.3) is 0 Å². The molecule has 0 saturated carbocycles. The predicted octanol–water partition coefficient (Wildman–Crippen LogP) is -3.05. The Balaban J connectivity index is 0. The van der Waals surface area contributed by atoms with E-state index in [-0.39, 0.29) is 24.8 Å². The largest absolute Gasteiger partial charge is 1.00 e. The van der Waals surface area contributed by atoms with Gasteiger partial charge in [0, 0.05) is 0 Å². The Morgan fingerprint density at radius 1 is 1.42 bits per heavy atom. The molecule has 0 amide bonds. The van der Waals surface area contributed by atoms with E-state index in [2.05, 4.69) is 39.5 Å². The van der Waals surface area contributed by atoms with Gasteiger partial charge in [-0.05, 0) is 0 Å². The maximum Gasteiger partial charge on any atom is -1.00 e. The predicted molar refractivity (Wildman–Crippen MR) is 40.3 cm³/mol. The first-order chi connectivity index (χ1) is 4.83. The van der Waals surface area contributed by atoms with Gasteiger partial charge in [-0.3, -0.25) is 0 Å². The van der Waals surface area contributed by atoms with Gasteiger partial charge in [-0.1, -0.05) is 0 Å². The van der Waals surface area contributed by atoms with Gasteiger partial charge in [-0.25, -0.2) is 0 Å². The molecule has 67 valence electrons. The number of rotatable bonds is 3. The molecule has 12 heavy (non-hydrogen) atoms. The van der Waals surface area contributed by atoms with E-state index >= 15 is 0 Å². The molecule has 0 bridgehead atoms. The first kappa shape index (κ1) is 15.3. The molecule has 0 unspecified atom stereocenters. The normalized spacial score (nSPS) is 14.2. The number of unbranched alkanes of at least 4 members (excludes halogenated alkanes) is 1. The molecule has 0 saturated heterocycles. The molecule has 0 aromatic rings. The molecule has 1 aliphatic carbocycles. The average molecular weight is 240 g/mol. The zero-order chi connectivity index (χ0) is 7.40. The van der Waals surface area contributed by atoms with Crippen LogP contribution in [0.1, 0.15) is 32.6 Å². The van der Waals surface area contributed by atoms with E-state index in [1.165, 1.54) is 29.6 Å². The zero-order valence-electron chi connectivity index (χ0n) is 7.24. The maximum atomic E-state index is 2.35. The summed E-state index contributed by atoms with van der Waals surface area (Å²) in [5.74, 6) is 0. The third kappa shape index (κ3) is 5.43. The molecule has 3 heteroatoms. The molecule has 0 spiro atoms. The number of hydrogen-bond donors (Lipinski definition) is 0. The van der Waals surface area contributed by atoms with Gasteiger partial charge in [-0.2, -0.15) is 0 Å². The van der Waals surface area contributed by atoms with Crippen molar-refractivity contribution in [1.82, 2.24) is 0 Å². The molecule has 0 N–H and O–H groups in total.